The number of carbonyl (C=O) groups excluding carboxylic acids is 1. The molecule has 0 atom stereocenters. The van der Waals surface area contributed by atoms with Crippen LogP contribution in [-0.2, 0) is 20.8 Å². The summed E-state index contributed by atoms with van der Waals surface area (Å²) < 4.78 is 10.7. The second kappa shape index (κ2) is 6.59. The number of rotatable bonds is 7. The number of esters is 1. The molecule has 0 bridgehead atoms. The Bertz CT molecular complexity index is 390. The zero-order valence-corrected chi connectivity index (χ0v) is 9.33. The van der Waals surface area contributed by atoms with Crippen LogP contribution < -0.4 is 0 Å². The minimum absolute atomic E-state index is 0.129. The fourth-order valence-corrected chi connectivity index (χ4v) is 1.07. The van der Waals surface area contributed by atoms with Gasteiger partial charge in [-0.3, -0.25) is 4.79 Å². The first-order valence-corrected chi connectivity index (χ1v) is 5.00. The molecule has 1 rings (SSSR count). The van der Waals surface area contributed by atoms with Gasteiger partial charge in [-0.05, 0) is 6.92 Å². The normalized spacial score (nSPS) is 10.2. The number of hydrogen-bond donors (Lipinski definition) is 1. The maximum atomic E-state index is 11.3. The molecule has 94 valence electrons. The van der Waals surface area contributed by atoms with Crippen molar-refractivity contribution >= 4 is 11.9 Å². The van der Waals surface area contributed by atoms with Gasteiger partial charge in [0, 0.05) is 6.61 Å². The molecule has 0 saturated carbocycles. The molecule has 0 aliphatic rings. The second-order valence-electron chi connectivity index (χ2n) is 3.00. The molecule has 8 heteroatoms. The van der Waals surface area contributed by atoms with Crippen molar-refractivity contribution in [2.75, 3.05) is 19.8 Å². The Morgan fingerprint density at radius 1 is 1.47 bits per heavy atom. The Morgan fingerprint density at radius 2 is 2.24 bits per heavy atom. The van der Waals surface area contributed by atoms with Gasteiger partial charge in [-0.2, -0.15) is 0 Å². The van der Waals surface area contributed by atoms with E-state index < -0.39 is 11.9 Å². The molecule has 0 aromatic carbocycles. The lowest BCUT2D eigenvalue weighted by Crippen LogP contribution is -2.20. The lowest BCUT2D eigenvalue weighted by Gasteiger charge is -2.05. The molecule has 1 aromatic rings. The van der Waals surface area contributed by atoms with Crippen molar-refractivity contribution in [1.29, 1.82) is 0 Å². The summed E-state index contributed by atoms with van der Waals surface area (Å²) in [5.41, 5.74) is -0.160. The highest BCUT2D eigenvalue weighted by atomic mass is 16.6. The van der Waals surface area contributed by atoms with Gasteiger partial charge in [0.1, 0.15) is 13.2 Å². The van der Waals surface area contributed by atoms with E-state index in [1.165, 1.54) is 0 Å². The Hall–Kier alpha value is -1.96. The third-order valence-electron chi connectivity index (χ3n) is 1.81. The Labute approximate surface area is 97.1 Å². The molecular weight excluding hydrogens is 230 g/mol. The molecule has 0 aliphatic carbocycles. The van der Waals surface area contributed by atoms with Crippen LogP contribution in [0.1, 0.15) is 17.4 Å². The Morgan fingerprint density at radius 3 is 2.88 bits per heavy atom. The number of nitrogens with zero attached hydrogens (tertiary/aromatic N) is 3. The van der Waals surface area contributed by atoms with E-state index in [0.717, 1.165) is 10.9 Å². The molecule has 1 N–H and O–H groups in total. The van der Waals surface area contributed by atoms with Crippen LogP contribution in [0.15, 0.2) is 6.20 Å². The van der Waals surface area contributed by atoms with E-state index in [1.54, 1.807) is 0 Å². The zero-order chi connectivity index (χ0) is 12.7. The van der Waals surface area contributed by atoms with E-state index >= 15 is 0 Å². The first kappa shape index (κ1) is 13.1. The van der Waals surface area contributed by atoms with Crippen LogP contribution in [0.2, 0.25) is 0 Å². The van der Waals surface area contributed by atoms with Crippen molar-refractivity contribution in [3.05, 3.63) is 11.9 Å². The van der Waals surface area contributed by atoms with Crippen molar-refractivity contribution in [3.8, 4) is 0 Å². The minimum Gasteiger partial charge on any atom is -0.476 e. The molecule has 0 unspecified atom stereocenters. The Balaban J connectivity index is 2.40. The van der Waals surface area contributed by atoms with E-state index in [2.05, 4.69) is 10.3 Å². The highest BCUT2D eigenvalue weighted by Crippen LogP contribution is 1.96. The van der Waals surface area contributed by atoms with Crippen molar-refractivity contribution in [2.24, 2.45) is 0 Å². The number of aromatic carboxylic acids is 1. The highest BCUT2D eigenvalue weighted by Gasteiger charge is 2.14. The lowest BCUT2D eigenvalue weighted by molar-refractivity contribution is -0.146. The molecule has 0 fully saturated rings. The Kier molecular flexibility index (Phi) is 5.08. The average Bonchev–Trinajstić information content (AvgIpc) is 2.72. The minimum atomic E-state index is -1.20. The molecule has 0 radical (unpaired) electrons. The summed E-state index contributed by atoms with van der Waals surface area (Å²) >= 11 is 0. The fraction of sp³-hybridized carbons (Fsp3) is 0.556. The molecule has 17 heavy (non-hydrogen) atoms. The van der Waals surface area contributed by atoms with Gasteiger partial charge in [0.05, 0.1) is 12.8 Å². The molecule has 0 aliphatic heterocycles. The number of carbonyl (C=O) groups is 2. The second-order valence-corrected chi connectivity index (χ2v) is 3.00. The summed E-state index contributed by atoms with van der Waals surface area (Å²) in [5.74, 6) is -1.78. The van der Waals surface area contributed by atoms with E-state index in [9.17, 15) is 9.59 Å². The van der Waals surface area contributed by atoms with Crippen molar-refractivity contribution in [1.82, 2.24) is 15.0 Å². The van der Waals surface area contributed by atoms with Crippen LogP contribution in [0.25, 0.3) is 0 Å². The maximum Gasteiger partial charge on any atom is 0.355 e. The van der Waals surface area contributed by atoms with Crippen molar-refractivity contribution in [2.45, 2.75) is 13.5 Å². The highest BCUT2D eigenvalue weighted by molar-refractivity contribution is 5.85. The SMILES string of the molecule is CCOCCOC(=O)Cn1nncc1C(=O)O. The quantitative estimate of drug-likeness (QED) is 0.511. The summed E-state index contributed by atoms with van der Waals surface area (Å²) in [6, 6.07) is 0. The molecule has 0 spiro atoms. The predicted octanol–water partition coefficient (Wildman–Crippen LogP) is -0.444. The molecule has 1 heterocycles. The maximum absolute atomic E-state index is 11.3. The van der Waals surface area contributed by atoms with Crippen molar-refractivity contribution in [3.63, 3.8) is 0 Å². The number of ether oxygens (including phenoxy) is 2. The number of carboxylic acids is 1. The van der Waals surface area contributed by atoms with Gasteiger partial charge < -0.3 is 14.6 Å². The third-order valence-corrected chi connectivity index (χ3v) is 1.81. The summed E-state index contributed by atoms with van der Waals surface area (Å²) in [4.78, 5) is 22.0. The van der Waals surface area contributed by atoms with Gasteiger partial charge in [0.25, 0.3) is 0 Å². The molecular formula is C9H13N3O5. The topological polar surface area (TPSA) is 104 Å². The first-order chi connectivity index (χ1) is 8.15. The van der Waals surface area contributed by atoms with Gasteiger partial charge in [0.15, 0.2) is 5.69 Å². The smallest absolute Gasteiger partial charge is 0.355 e. The summed E-state index contributed by atoms with van der Waals surface area (Å²) in [7, 11) is 0. The number of hydrogen-bond acceptors (Lipinski definition) is 6. The fourth-order valence-electron chi connectivity index (χ4n) is 1.07. The monoisotopic (exact) mass is 243 g/mol. The van der Waals surface area contributed by atoms with E-state index in [0.29, 0.717) is 13.2 Å². The van der Waals surface area contributed by atoms with E-state index in [-0.39, 0.29) is 18.8 Å². The molecule has 1 aromatic heterocycles. The number of carboxylic acid groups (broad SMARTS) is 1. The largest absolute Gasteiger partial charge is 0.476 e. The molecule has 8 nitrogen and oxygen atoms in total. The molecule has 0 amide bonds. The van der Waals surface area contributed by atoms with Crippen LogP contribution in [0.5, 0.6) is 0 Å². The van der Waals surface area contributed by atoms with Crippen LogP contribution in [-0.4, -0.2) is 51.9 Å². The predicted molar refractivity (Wildman–Crippen MR) is 54.4 cm³/mol. The van der Waals surface area contributed by atoms with Crippen LogP contribution in [0.4, 0.5) is 0 Å². The average molecular weight is 243 g/mol. The van der Waals surface area contributed by atoms with Gasteiger partial charge in [-0.15, -0.1) is 5.10 Å². The van der Waals surface area contributed by atoms with E-state index in [4.69, 9.17) is 14.6 Å². The van der Waals surface area contributed by atoms with Gasteiger partial charge in [0.2, 0.25) is 0 Å². The van der Waals surface area contributed by atoms with Crippen LogP contribution in [0.3, 0.4) is 0 Å². The summed E-state index contributed by atoms with van der Waals surface area (Å²) in [6.45, 7) is 2.53. The third kappa shape index (κ3) is 4.19. The lowest BCUT2D eigenvalue weighted by atomic mass is 10.4. The van der Waals surface area contributed by atoms with Gasteiger partial charge in [-0.1, -0.05) is 5.21 Å². The summed E-state index contributed by atoms with van der Waals surface area (Å²) in [6.07, 6.45) is 1.07. The standard InChI is InChI=1S/C9H13N3O5/c1-2-16-3-4-17-8(13)6-12-7(9(14)15)5-10-11-12/h5H,2-4,6H2,1H3,(H,14,15). The summed E-state index contributed by atoms with van der Waals surface area (Å²) in [5, 5.41) is 15.6. The van der Waals surface area contributed by atoms with Crippen LogP contribution >= 0.6 is 0 Å². The van der Waals surface area contributed by atoms with Gasteiger partial charge >= 0.3 is 11.9 Å². The van der Waals surface area contributed by atoms with Gasteiger partial charge in [-0.25, -0.2) is 9.48 Å². The van der Waals surface area contributed by atoms with Crippen LogP contribution in [0, 0.1) is 0 Å². The van der Waals surface area contributed by atoms with Crippen molar-refractivity contribution < 1.29 is 24.2 Å². The number of aromatic nitrogens is 3. The first-order valence-electron chi connectivity index (χ1n) is 5.00. The van der Waals surface area contributed by atoms with E-state index in [1.807, 2.05) is 6.92 Å². The molecule has 0 saturated heterocycles. The zero-order valence-electron chi connectivity index (χ0n) is 9.33.